The molecule has 0 spiro atoms. The van der Waals surface area contributed by atoms with Gasteiger partial charge in [0.1, 0.15) is 0 Å². The van der Waals surface area contributed by atoms with E-state index in [9.17, 15) is 0 Å². The van der Waals surface area contributed by atoms with Crippen LogP contribution in [0.2, 0.25) is 0 Å². The molecule has 102 valence electrons. The van der Waals surface area contributed by atoms with Gasteiger partial charge in [-0.05, 0) is 46.7 Å². The van der Waals surface area contributed by atoms with Crippen molar-refractivity contribution in [3.63, 3.8) is 0 Å². The van der Waals surface area contributed by atoms with Gasteiger partial charge in [-0.15, -0.1) is 0 Å². The number of hydrogen-bond acceptors (Lipinski definition) is 3. The Morgan fingerprint density at radius 2 is 2.39 bits per heavy atom. The Morgan fingerprint density at radius 1 is 1.61 bits per heavy atom. The Kier molecular flexibility index (Phi) is 4.07. The molecule has 1 aromatic rings. The quantitative estimate of drug-likeness (QED) is 0.869. The summed E-state index contributed by atoms with van der Waals surface area (Å²) in [5.41, 5.74) is 2.36. The van der Waals surface area contributed by atoms with Crippen LogP contribution in [-0.4, -0.2) is 35.1 Å². The van der Waals surface area contributed by atoms with E-state index in [1.54, 1.807) is 0 Å². The molecule has 4 heteroatoms. The molecular weight excluding hydrogens is 226 g/mol. The highest BCUT2D eigenvalue weighted by Crippen LogP contribution is 2.30. The van der Waals surface area contributed by atoms with Gasteiger partial charge in [-0.2, -0.15) is 5.10 Å². The molecule has 2 heterocycles. The largest absolute Gasteiger partial charge is 0.374 e. The van der Waals surface area contributed by atoms with Crippen molar-refractivity contribution in [1.82, 2.24) is 15.1 Å². The first-order chi connectivity index (χ1) is 8.59. The smallest absolute Gasteiger partial charge is 0.0811 e. The number of hydrogen-bond donors (Lipinski definition) is 1. The highest BCUT2D eigenvalue weighted by Gasteiger charge is 2.37. The maximum Gasteiger partial charge on any atom is 0.0811 e. The molecular formula is C14H25N3O. The average molecular weight is 251 g/mol. The molecule has 2 unspecified atom stereocenters. The average Bonchev–Trinajstić information content (AvgIpc) is 2.93. The SMILES string of the molecule is CCn1nc(C)cc1CC(NC)C1(C)CCCO1. The third-order valence-corrected chi connectivity index (χ3v) is 4.03. The molecule has 1 fully saturated rings. The van der Waals surface area contributed by atoms with E-state index in [-0.39, 0.29) is 5.60 Å². The van der Waals surface area contributed by atoms with E-state index in [1.165, 1.54) is 12.1 Å². The summed E-state index contributed by atoms with van der Waals surface area (Å²) in [7, 11) is 2.02. The minimum absolute atomic E-state index is 0.0362. The molecule has 1 aromatic heterocycles. The molecule has 0 amide bonds. The zero-order chi connectivity index (χ0) is 13.2. The zero-order valence-corrected chi connectivity index (χ0v) is 12.0. The van der Waals surface area contributed by atoms with Gasteiger partial charge in [0.25, 0.3) is 0 Å². The first-order valence-corrected chi connectivity index (χ1v) is 6.93. The first kappa shape index (κ1) is 13.6. The fraction of sp³-hybridized carbons (Fsp3) is 0.786. The van der Waals surface area contributed by atoms with E-state index in [2.05, 4.69) is 41.9 Å². The summed E-state index contributed by atoms with van der Waals surface area (Å²) in [6.45, 7) is 8.23. The minimum Gasteiger partial charge on any atom is -0.374 e. The molecule has 2 rings (SSSR count). The number of aryl methyl sites for hydroxylation is 2. The number of likely N-dealkylation sites (N-methyl/N-ethyl adjacent to an activating group) is 1. The monoisotopic (exact) mass is 251 g/mol. The fourth-order valence-corrected chi connectivity index (χ4v) is 2.95. The van der Waals surface area contributed by atoms with Crippen molar-refractivity contribution in [3.8, 4) is 0 Å². The molecule has 1 saturated heterocycles. The van der Waals surface area contributed by atoms with Gasteiger partial charge in [0, 0.05) is 31.3 Å². The molecule has 1 aliphatic heterocycles. The molecule has 18 heavy (non-hydrogen) atoms. The third kappa shape index (κ3) is 2.59. The molecule has 0 saturated carbocycles. The predicted molar refractivity (Wildman–Crippen MR) is 72.8 cm³/mol. The van der Waals surface area contributed by atoms with Crippen LogP contribution in [0.5, 0.6) is 0 Å². The second-order valence-corrected chi connectivity index (χ2v) is 5.40. The van der Waals surface area contributed by atoms with Gasteiger partial charge in [-0.25, -0.2) is 0 Å². The van der Waals surface area contributed by atoms with Crippen LogP contribution in [0, 0.1) is 6.92 Å². The van der Waals surface area contributed by atoms with Crippen molar-refractivity contribution in [2.24, 2.45) is 0 Å². The molecule has 4 nitrogen and oxygen atoms in total. The number of ether oxygens (including phenoxy) is 1. The highest BCUT2D eigenvalue weighted by atomic mass is 16.5. The minimum atomic E-state index is -0.0362. The molecule has 1 aliphatic rings. The van der Waals surface area contributed by atoms with E-state index in [4.69, 9.17) is 4.74 Å². The van der Waals surface area contributed by atoms with Gasteiger partial charge in [-0.1, -0.05) is 0 Å². The van der Waals surface area contributed by atoms with Gasteiger partial charge in [0.05, 0.1) is 11.3 Å². The van der Waals surface area contributed by atoms with Crippen LogP contribution < -0.4 is 5.32 Å². The van der Waals surface area contributed by atoms with Crippen LogP contribution >= 0.6 is 0 Å². The topological polar surface area (TPSA) is 39.1 Å². The Balaban J connectivity index is 2.14. The van der Waals surface area contributed by atoms with E-state index < -0.39 is 0 Å². The molecule has 0 aliphatic carbocycles. The van der Waals surface area contributed by atoms with Crippen LogP contribution in [0.15, 0.2) is 6.07 Å². The zero-order valence-electron chi connectivity index (χ0n) is 12.0. The third-order valence-electron chi connectivity index (χ3n) is 4.03. The lowest BCUT2D eigenvalue weighted by atomic mass is 9.90. The Labute approximate surface area is 110 Å². The van der Waals surface area contributed by atoms with Gasteiger partial charge in [0.2, 0.25) is 0 Å². The Morgan fingerprint density at radius 3 is 2.94 bits per heavy atom. The van der Waals surface area contributed by atoms with Crippen LogP contribution in [0.3, 0.4) is 0 Å². The molecule has 0 radical (unpaired) electrons. The Hall–Kier alpha value is -0.870. The van der Waals surface area contributed by atoms with Gasteiger partial charge < -0.3 is 10.1 Å². The van der Waals surface area contributed by atoms with Crippen molar-refractivity contribution in [2.75, 3.05) is 13.7 Å². The summed E-state index contributed by atoms with van der Waals surface area (Å²) in [4.78, 5) is 0. The lowest BCUT2D eigenvalue weighted by Gasteiger charge is -2.33. The summed E-state index contributed by atoms with van der Waals surface area (Å²) < 4.78 is 8.05. The number of rotatable bonds is 5. The summed E-state index contributed by atoms with van der Waals surface area (Å²) in [5.74, 6) is 0. The molecule has 1 N–H and O–H groups in total. The second-order valence-electron chi connectivity index (χ2n) is 5.40. The normalized spacial score (nSPS) is 25.6. The lowest BCUT2D eigenvalue weighted by Crippen LogP contribution is -2.48. The van der Waals surface area contributed by atoms with Crippen molar-refractivity contribution >= 4 is 0 Å². The summed E-state index contributed by atoms with van der Waals surface area (Å²) in [5, 5.41) is 7.94. The van der Waals surface area contributed by atoms with E-state index in [1.807, 2.05) is 7.05 Å². The highest BCUT2D eigenvalue weighted by molar-refractivity contribution is 5.12. The van der Waals surface area contributed by atoms with Gasteiger partial charge >= 0.3 is 0 Å². The number of nitrogens with one attached hydrogen (secondary N) is 1. The van der Waals surface area contributed by atoms with Crippen molar-refractivity contribution < 1.29 is 4.74 Å². The van der Waals surface area contributed by atoms with Crippen molar-refractivity contribution in [3.05, 3.63) is 17.5 Å². The maximum atomic E-state index is 5.95. The van der Waals surface area contributed by atoms with Crippen LogP contribution in [-0.2, 0) is 17.7 Å². The lowest BCUT2D eigenvalue weighted by molar-refractivity contribution is -0.00990. The van der Waals surface area contributed by atoms with Crippen LogP contribution in [0.25, 0.3) is 0 Å². The first-order valence-electron chi connectivity index (χ1n) is 6.93. The summed E-state index contributed by atoms with van der Waals surface area (Å²) >= 11 is 0. The Bertz CT molecular complexity index is 394. The molecule has 0 aromatic carbocycles. The second kappa shape index (κ2) is 5.41. The van der Waals surface area contributed by atoms with E-state index >= 15 is 0 Å². The predicted octanol–water partition coefficient (Wildman–Crippen LogP) is 1.91. The standard InChI is InChI=1S/C14H25N3O/c1-5-17-12(9-11(2)16-17)10-13(15-4)14(3)7-6-8-18-14/h9,13,15H,5-8,10H2,1-4H3. The summed E-state index contributed by atoms with van der Waals surface area (Å²) in [6.07, 6.45) is 3.28. The fourth-order valence-electron chi connectivity index (χ4n) is 2.95. The molecule has 2 atom stereocenters. The van der Waals surface area contributed by atoms with Crippen LogP contribution in [0.4, 0.5) is 0 Å². The van der Waals surface area contributed by atoms with Crippen molar-refractivity contribution in [2.45, 2.75) is 58.2 Å². The van der Waals surface area contributed by atoms with Gasteiger partial charge in [0.15, 0.2) is 0 Å². The maximum absolute atomic E-state index is 5.95. The van der Waals surface area contributed by atoms with Crippen LogP contribution in [0.1, 0.15) is 38.1 Å². The summed E-state index contributed by atoms with van der Waals surface area (Å²) in [6, 6.07) is 2.54. The van der Waals surface area contributed by atoms with E-state index in [0.29, 0.717) is 6.04 Å². The van der Waals surface area contributed by atoms with Crippen molar-refractivity contribution in [1.29, 1.82) is 0 Å². The number of aromatic nitrogens is 2. The molecule has 0 bridgehead atoms. The van der Waals surface area contributed by atoms with E-state index in [0.717, 1.165) is 31.7 Å². The number of nitrogens with zero attached hydrogens (tertiary/aromatic N) is 2. The van der Waals surface area contributed by atoms with Gasteiger partial charge in [-0.3, -0.25) is 4.68 Å².